The van der Waals surface area contributed by atoms with Gasteiger partial charge in [-0.25, -0.2) is 4.79 Å². The van der Waals surface area contributed by atoms with Crippen LogP contribution in [-0.4, -0.2) is 36.1 Å². The first kappa shape index (κ1) is 9.66. The van der Waals surface area contributed by atoms with Crippen LogP contribution in [0.2, 0.25) is 0 Å². The fourth-order valence-corrected chi connectivity index (χ4v) is 2.53. The first-order valence-electron chi connectivity index (χ1n) is 5.58. The Hall–Kier alpha value is -1.55. The van der Waals surface area contributed by atoms with Gasteiger partial charge in [0.25, 0.3) is 0 Å². The maximum absolute atomic E-state index is 11.1. The highest BCUT2D eigenvalue weighted by Crippen LogP contribution is 2.24. The lowest BCUT2D eigenvalue weighted by Gasteiger charge is -2.47. The second-order valence-electron chi connectivity index (χ2n) is 4.72. The van der Waals surface area contributed by atoms with Crippen molar-refractivity contribution < 1.29 is 4.79 Å². The lowest BCUT2D eigenvalue weighted by molar-refractivity contribution is 0.0595. The van der Waals surface area contributed by atoms with Gasteiger partial charge in [-0.1, -0.05) is 30.3 Å². The van der Waals surface area contributed by atoms with Gasteiger partial charge in [-0.15, -0.1) is 0 Å². The van der Waals surface area contributed by atoms with E-state index in [1.165, 1.54) is 5.56 Å². The van der Waals surface area contributed by atoms with Gasteiger partial charge in [0.15, 0.2) is 0 Å². The molecule has 2 aliphatic rings. The summed E-state index contributed by atoms with van der Waals surface area (Å²) in [6.07, 6.45) is 0. The first-order valence-corrected chi connectivity index (χ1v) is 5.58. The molecule has 0 aromatic heterocycles. The highest BCUT2D eigenvalue weighted by molar-refractivity contribution is 5.78. The topological polar surface area (TPSA) is 44.4 Å². The van der Waals surface area contributed by atoms with Gasteiger partial charge in [-0.3, -0.25) is 4.90 Å². The Labute approximate surface area is 94.6 Å². The highest BCUT2D eigenvalue weighted by Gasteiger charge is 2.47. The van der Waals surface area contributed by atoms with Gasteiger partial charge in [0, 0.05) is 26.2 Å². The Kier molecular flexibility index (Phi) is 2.11. The minimum absolute atomic E-state index is 0.00582. The van der Waals surface area contributed by atoms with E-state index in [-0.39, 0.29) is 11.6 Å². The van der Waals surface area contributed by atoms with Crippen LogP contribution in [0.25, 0.3) is 0 Å². The van der Waals surface area contributed by atoms with Crippen molar-refractivity contribution in [3.8, 4) is 0 Å². The number of hydrogen-bond donors (Lipinski definition) is 2. The van der Waals surface area contributed by atoms with Crippen molar-refractivity contribution in [1.29, 1.82) is 0 Å². The van der Waals surface area contributed by atoms with Crippen LogP contribution in [0, 0.1) is 0 Å². The molecule has 4 heteroatoms. The Morgan fingerprint density at radius 3 is 2.62 bits per heavy atom. The summed E-state index contributed by atoms with van der Waals surface area (Å²) < 4.78 is 0. The fraction of sp³-hybridized carbons (Fsp3) is 0.417. The fourth-order valence-electron chi connectivity index (χ4n) is 2.53. The van der Waals surface area contributed by atoms with Crippen molar-refractivity contribution in [2.75, 3.05) is 19.6 Å². The van der Waals surface area contributed by atoms with E-state index in [0.717, 1.165) is 26.2 Å². The van der Waals surface area contributed by atoms with Crippen LogP contribution in [0.15, 0.2) is 30.3 Å². The van der Waals surface area contributed by atoms with Crippen LogP contribution in [0.1, 0.15) is 5.56 Å². The van der Waals surface area contributed by atoms with Gasteiger partial charge >= 0.3 is 6.03 Å². The second-order valence-corrected chi connectivity index (χ2v) is 4.72. The van der Waals surface area contributed by atoms with Crippen molar-refractivity contribution in [2.45, 2.75) is 12.1 Å². The second kappa shape index (κ2) is 3.49. The molecule has 0 bridgehead atoms. The minimum Gasteiger partial charge on any atom is -0.336 e. The molecule has 2 aliphatic heterocycles. The van der Waals surface area contributed by atoms with E-state index in [1.54, 1.807) is 0 Å². The lowest BCUT2D eigenvalue weighted by Crippen LogP contribution is -2.68. The summed E-state index contributed by atoms with van der Waals surface area (Å²) in [5.74, 6) is 0. The molecule has 2 heterocycles. The van der Waals surface area contributed by atoms with Gasteiger partial charge < -0.3 is 10.6 Å². The zero-order valence-corrected chi connectivity index (χ0v) is 9.07. The number of amides is 2. The number of benzene rings is 1. The number of urea groups is 1. The average Bonchev–Trinajstić information content (AvgIpc) is 2.62. The molecule has 2 N–H and O–H groups in total. The summed E-state index contributed by atoms with van der Waals surface area (Å²) in [4.78, 5) is 13.4. The van der Waals surface area contributed by atoms with Crippen molar-refractivity contribution in [3.05, 3.63) is 35.9 Å². The largest absolute Gasteiger partial charge is 0.336 e. The molecule has 84 valence electrons. The number of likely N-dealkylation sites (tertiary alicyclic amines) is 1. The Balaban J connectivity index is 1.56. The molecule has 0 aliphatic carbocycles. The third-order valence-corrected chi connectivity index (χ3v) is 3.27. The van der Waals surface area contributed by atoms with E-state index in [4.69, 9.17) is 0 Å². The van der Waals surface area contributed by atoms with Crippen molar-refractivity contribution in [1.82, 2.24) is 15.5 Å². The number of nitrogens with one attached hydrogen (secondary N) is 2. The van der Waals surface area contributed by atoms with Gasteiger partial charge in [0.05, 0.1) is 5.54 Å². The van der Waals surface area contributed by atoms with Crippen LogP contribution >= 0.6 is 0 Å². The third-order valence-electron chi connectivity index (χ3n) is 3.27. The Morgan fingerprint density at radius 1 is 1.25 bits per heavy atom. The normalized spacial score (nSPS) is 22.6. The molecule has 16 heavy (non-hydrogen) atoms. The molecular formula is C12H15N3O. The molecule has 1 spiro atoms. The highest BCUT2D eigenvalue weighted by atomic mass is 16.2. The molecule has 4 nitrogen and oxygen atoms in total. The Bertz CT molecular complexity index is 398. The molecule has 3 rings (SSSR count). The minimum atomic E-state index is -0.0284. The quantitative estimate of drug-likeness (QED) is 0.760. The zero-order chi connectivity index (χ0) is 11.0. The number of nitrogens with zero attached hydrogens (tertiary/aromatic N) is 1. The summed E-state index contributed by atoms with van der Waals surface area (Å²) in [5, 5.41) is 5.81. The molecule has 1 aromatic carbocycles. The Morgan fingerprint density at radius 2 is 2.00 bits per heavy atom. The number of hydrogen-bond acceptors (Lipinski definition) is 2. The van der Waals surface area contributed by atoms with Crippen LogP contribution in [-0.2, 0) is 6.54 Å². The molecule has 0 atom stereocenters. The van der Waals surface area contributed by atoms with Gasteiger partial charge in [-0.05, 0) is 5.56 Å². The molecule has 0 unspecified atom stereocenters. The number of carbonyl (C=O) groups excluding carboxylic acids is 1. The van der Waals surface area contributed by atoms with Gasteiger partial charge in [-0.2, -0.15) is 0 Å². The lowest BCUT2D eigenvalue weighted by atomic mass is 9.90. The SMILES string of the molecule is O=C1NCC2(CN(Cc3ccccc3)C2)N1. The van der Waals surface area contributed by atoms with Crippen LogP contribution in [0.5, 0.6) is 0 Å². The standard InChI is InChI=1S/C12H15N3O/c16-11-13-7-12(14-11)8-15(9-12)6-10-4-2-1-3-5-10/h1-5H,6-9H2,(H2,13,14,16). The third kappa shape index (κ3) is 1.65. The van der Waals surface area contributed by atoms with Crippen LogP contribution in [0.3, 0.4) is 0 Å². The average molecular weight is 217 g/mol. The predicted octanol–water partition coefficient (Wildman–Crippen LogP) is 0.554. The monoisotopic (exact) mass is 217 g/mol. The summed E-state index contributed by atoms with van der Waals surface area (Å²) in [5.41, 5.74) is 1.33. The molecule has 0 radical (unpaired) electrons. The number of rotatable bonds is 2. The molecule has 0 saturated carbocycles. The zero-order valence-electron chi connectivity index (χ0n) is 9.07. The summed E-state index contributed by atoms with van der Waals surface area (Å²) in [6, 6.07) is 10.4. The van der Waals surface area contributed by atoms with E-state index >= 15 is 0 Å². The van der Waals surface area contributed by atoms with E-state index in [9.17, 15) is 4.79 Å². The van der Waals surface area contributed by atoms with Gasteiger partial charge in [0.1, 0.15) is 0 Å². The summed E-state index contributed by atoms with van der Waals surface area (Å²) >= 11 is 0. The van der Waals surface area contributed by atoms with Crippen LogP contribution in [0.4, 0.5) is 4.79 Å². The molecule has 1 aromatic rings. The van der Waals surface area contributed by atoms with Crippen molar-refractivity contribution in [2.24, 2.45) is 0 Å². The maximum atomic E-state index is 11.1. The van der Waals surface area contributed by atoms with Gasteiger partial charge in [0.2, 0.25) is 0 Å². The van der Waals surface area contributed by atoms with Crippen molar-refractivity contribution >= 4 is 6.03 Å². The first-order chi connectivity index (χ1) is 7.76. The summed E-state index contributed by atoms with van der Waals surface area (Å²) in [7, 11) is 0. The van der Waals surface area contributed by atoms with E-state index in [1.807, 2.05) is 6.07 Å². The molecular weight excluding hydrogens is 202 g/mol. The number of carbonyl (C=O) groups is 1. The predicted molar refractivity (Wildman–Crippen MR) is 61.0 cm³/mol. The maximum Gasteiger partial charge on any atom is 0.315 e. The van der Waals surface area contributed by atoms with Crippen molar-refractivity contribution in [3.63, 3.8) is 0 Å². The van der Waals surface area contributed by atoms with E-state index in [2.05, 4.69) is 39.8 Å². The molecule has 2 saturated heterocycles. The smallest absolute Gasteiger partial charge is 0.315 e. The molecule has 2 fully saturated rings. The van der Waals surface area contributed by atoms with Crippen LogP contribution < -0.4 is 10.6 Å². The molecule has 2 amide bonds. The van der Waals surface area contributed by atoms with E-state index in [0.29, 0.717) is 0 Å². The van der Waals surface area contributed by atoms with E-state index < -0.39 is 0 Å². The summed E-state index contributed by atoms with van der Waals surface area (Å²) in [6.45, 7) is 3.62.